The van der Waals surface area contributed by atoms with Crippen molar-refractivity contribution in [1.82, 2.24) is 15.2 Å². The van der Waals surface area contributed by atoms with Crippen molar-refractivity contribution in [3.63, 3.8) is 0 Å². The minimum atomic E-state index is 0.649. The minimum Gasteiger partial charge on any atom is -0.494 e. The molecule has 0 bridgehead atoms. The van der Waals surface area contributed by atoms with E-state index in [1.165, 1.54) is 32.2 Å². The fraction of sp³-hybridized carbons (Fsp3) is 0.524. The fourth-order valence-electron chi connectivity index (χ4n) is 3.89. The molecule has 146 valence electrons. The number of fused-ring (bicyclic) bond motifs is 1. The van der Waals surface area contributed by atoms with Crippen LogP contribution in [-0.4, -0.2) is 47.8 Å². The number of methoxy groups -OCH3 is 1. The van der Waals surface area contributed by atoms with Crippen LogP contribution in [0.25, 0.3) is 10.9 Å². The molecule has 27 heavy (non-hydrogen) atoms. The van der Waals surface area contributed by atoms with Gasteiger partial charge in [0.25, 0.3) is 0 Å². The molecule has 0 amide bonds. The van der Waals surface area contributed by atoms with Gasteiger partial charge in [0, 0.05) is 36.4 Å². The highest BCUT2D eigenvalue weighted by molar-refractivity contribution is 7.80. The Bertz CT molecular complexity index is 767. The van der Waals surface area contributed by atoms with Crippen LogP contribution in [0.1, 0.15) is 39.0 Å². The molecule has 1 aromatic heterocycles. The minimum absolute atomic E-state index is 0.649. The van der Waals surface area contributed by atoms with Gasteiger partial charge in [-0.2, -0.15) is 0 Å². The molecule has 6 heteroatoms. The van der Waals surface area contributed by atoms with Gasteiger partial charge in [-0.1, -0.05) is 13.3 Å². The molecule has 1 aliphatic rings. The Labute approximate surface area is 167 Å². The maximum Gasteiger partial charge on any atom is 0.170 e. The first-order valence-electron chi connectivity index (χ1n) is 9.93. The number of piperidine rings is 1. The Morgan fingerprint density at radius 2 is 2.22 bits per heavy atom. The Morgan fingerprint density at radius 1 is 1.33 bits per heavy atom. The third kappa shape index (κ3) is 5.08. The number of ether oxygens (including phenoxy) is 1. The van der Waals surface area contributed by atoms with E-state index in [1.807, 2.05) is 24.3 Å². The van der Waals surface area contributed by atoms with Gasteiger partial charge in [-0.25, -0.2) is 0 Å². The van der Waals surface area contributed by atoms with Crippen LogP contribution in [-0.2, 0) is 0 Å². The van der Waals surface area contributed by atoms with Crippen molar-refractivity contribution in [2.75, 3.05) is 32.1 Å². The maximum absolute atomic E-state index is 5.49. The lowest BCUT2D eigenvalue weighted by Crippen LogP contribution is -2.40. The number of thiocarbonyl (C=S) groups is 1. The molecule has 2 N–H and O–H groups in total. The van der Waals surface area contributed by atoms with Crippen LogP contribution in [0.2, 0.25) is 0 Å². The molecule has 2 heterocycles. The summed E-state index contributed by atoms with van der Waals surface area (Å²) in [5, 5.41) is 8.29. The van der Waals surface area contributed by atoms with Crippen LogP contribution in [0, 0.1) is 0 Å². The van der Waals surface area contributed by atoms with Gasteiger partial charge in [0.05, 0.1) is 7.11 Å². The number of benzene rings is 1. The highest BCUT2D eigenvalue weighted by Gasteiger charge is 2.19. The second-order valence-electron chi connectivity index (χ2n) is 7.04. The number of nitrogens with zero attached hydrogens (tertiary/aromatic N) is 2. The normalized spacial score (nSPS) is 17.6. The molecule has 1 aromatic carbocycles. The average Bonchev–Trinajstić information content (AvgIpc) is 2.71. The SMILES string of the molecule is CC[C@H]1CCCCN1CCCNC(=S)Nc1ccc(OC)c2ncccc12. The molecule has 1 aliphatic heterocycles. The lowest BCUT2D eigenvalue weighted by Gasteiger charge is -2.35. The summed E-state index contributed by atoms with van der Waals surface area (Å²) in [4.78, 5) is 7.07. The molecule has 1 saturated heterocycles. The summed E-state index contributed by atoms with van der Waals surface area (Å²) in [5.41, 5.74) is 1.78. The van der Waals surface area contributed by atoms with Gasteiger partial charge in [0.15, 0.2) is 5.11 Å². The van der Waals surface area contributed by atoms with E-state index < -0.39 is 0 Å². The molecular formula is C21H30N4OS. The van der Waals surface area contributed by atoms with Crippen molar-refractivity contribution >= 4 is 33.9 Å². The van der Waals surface area contributed by atoms with E-state index in [2.05, 4.69) is 27.4 Å². The van der Waals surface area contributed by atoms with E-state index >= 15 is 0 Å². The lowest BCUT2D eigenvalue weighted by molar-refractivity contribution is 0.143. The summed E-state index contributed by atoms with van der Waals surface area (Å²) in [6.07, 6.45) is 8.20. The second-order valence-corrected chi connectivity index (χ2v) is 7.45. The lowest BCUT2D eigenvalue weighted by atomic mass is 10.00. The summed E-state index contributed by atoms with van der Waals surface area (Å²) < 4.78 is 5.40. The van der Waals surface area contributed by atoms with Gasteiger partial charge in [-0.3, -0.25) is 4.98 Å². The number of hydrogen-bond acceptors (Lipinski definition) is 4. The standard InChI is InChI=1S/C21H30N4OS/c1-3-16-8-4-5-14-25(16)15-7-13-23-21(27)24-18-10-11-19(26-2)20-17(18)9-6-12-22-20/h6,9-12,16H,3-5,7-8,13-15H2,1-2H3,(H2,23,24,27)/t16-/m0/s1. The smallest absolute Gasteiger partial charge is 0.170 e. The maximum atomic E-state index is 5.49. The Kier molecular flexibility index (Phi) is 7.24. The summed E-state index contributed by atoms with van der Waals surface area (Å²) in [7, 11) is 1.66. The molecule has 0 spiro atoms. The van der Waals surface area contributed by atoms with Crippen LogP contribution < -0.4 is 15.4 Å². The summed E-state index contributed by atoms with van der Waals surface area (Å²) in [6.45, 7) is 5.56. The van der Waals surface area contributed by atoms with Crippen LogP contribution >= 0.6 is 12.2 Å². The van der Waals surface area contributed by atoms with Gasteiger partial charge in [-0.05, 0) is 68.7 Å². The third-order valence-corrected chi connectivity index (χ3v) is 5.58. The molecular weight excluding hydrogens is 356 g/mol. The molecule has 5 nitrogen and oxygen atoms in total. The van der Waals surface area contributed by atoms with E-state index in [0.717, 1.165) is 47.9 Å². The molecule has 2 aromatic rings. The largest absolute Gasteiger partial charge is 0.494 e. The van der Waals surface area contributed by atoms with Crippen molar-refractivity contribution in [3.05, 3.63) is 30.5 Å². The first-order chi connectivity index (χ1) is 13.2. The van der Waals surface area contributed by atoms with Gasteiger partial charge in [-0.15, -0.1) is 0 Å². The number of likely N-dealkylation sites (tertiary alicyclic amines) is 1. The van der Waals surface area contributed by atoms with Crippen LogP contribution in [0.4, 0.5) is 5.69 Å². The quantitative estimate of drug-likeness (QED) is 0.550. The van der Waals surface area contributed by atoms with Crippen LogP contribution in [0.5, 0.6) is 5.75 Å². The Hall–Kier alpha value is -1.92. The predicted octanol–water partition coefficient (Wildman–Crippen LogP) is 4.18. The van der Waals surface area contributed by atoms with E-state index in [9.17, 15) is 0 Å². The molecule has 0 unspecified atom stereocenters. The number of hydrogen-bond donors (Lipinski definition) is 2. The van der Waals surface area contributed by atoms with Gasteiger partial charge in [0.2, 0.25) is 0 Å². The number of aromatic nitrogens is 1. The third-order valence-electron chi connectivity index (χ3n) is 5.33. The van der Waals surface area contributed by atoms with E-state index in [-0.39, 0.29) is 0 Å². The monoisotopic (exact) mass is 386 g/mol. The van der Waals surface area contributed by atoms with Crippen molar-refractivity contribution in [1.29, 1.82) is 0 Å². The molecule has 1 fully saturated rings. The summed E-state index contributed by atoms with van der Waals surface area (Å²) in [6, 6.07) is 8.61. The van der Waals surface area contributed by atoms with E-state index in [4.69, 9.17) is 17.0 Å². The number of anilines is 1. The van der Waals surface area contributed by atoms with Gasteiger partial charge in [0.1, 0.15) is 11.3 Å². The highest BCUT2D eigenvalue weighted by Crippen LogP contribution is 2.29. The topological polar surface area (TPSA) is 49.4 Å². The number of rotatable bonds is 7. The van der Waals surface area contributed by atoms with Gasteiger partial charge < -0.3 is 20.3 Å². The van der Waals surface area contributed by atoms with Crippen molar-refractivity contribution in [3.8, 4) is 5.75 Å². The first-order valence-corrected chi connectivity index (χ1v) is 10.3. The summed E-state index contributed by atoms with van der Waals surface area (Å²) in [5.74, 6) is 0.766. The Balaban J connectivity index is 1.50. The zero-order valence-electron chi connectivity index (χ0n) is 16.3. The van der Waals surface area contributed by atoms with Crippen LogP contribution in [0.15, 0.2) is 30.5 Å². The number of pyridine rings is 1. The first kappa shape index (κ1) is 19.8. The Morgan fingerprint density at radius 3 is 3.04 bits per heavy atom. The predicted molar refractivity (Wildman–Crippen MR) is 117 cm³/mol. The fourth-order valence-corrected chi connectivity index (χ4v) is 4.10. The molecule has 0 radical (unpaired) electrons. The molecule has 0 saturated carbocycles. The second kappa shape index (κ2) is 9.85. The van der Waals surface area contributed by atoms with Crippen molar-refractivity contribution < 1.29 is 4.74 Å². The zero-order valence-corrected chi connectivity index (χ0v) is 17.1. The molecule has 0 aliphatic carbocycles. The van der Waals surface area contributed by atoms with E-state index in [1.54, 1.807) is 13.3 Å². The number of nitrogens with one attached hydrogen (secondary N) is 2. The highest BCUT2D eigenvalue weighted by atomic mass is 32.1. The summed E-state index contributed by atoms with van der Waals surface area (Å²) >= 11 is 5.49. The van der Waals surface area contributed by atoms with Crippen LogP contribution in [0.3, 0.4) is 0 Å². The average molecular weight is 387 g/mol. The zero-order chi connectivity index (χ0) is 19.1. The van der Waals surface area contributed by atoms with Crippen molar-refractivity contribution in [2.45, 2.75) is 45.1 Å². The van der Waals surface area contributed by atoms with E-state index in [0.29, 0.717) is 5.11 Å². The molecule has 3 rings (SSSR count). The van der Waals surface area contributed by atoms with Crippen molar-refractivity contribution in [2.24, 2.45) is 0 Å². The van der Waals surface area contributed by atoms with Gasteiger partial charge >= 0.3 is 0 Å². The molecule has 1 atom stereocenters.